The number of carbonyl (C=O) groups is 1. The minimum atomic E-state index is -0.265. The number of rotatable bonds is 2. The van der Waals surface area contributed by atoms with E-state index in [1.807, 2.05) is 32.0 Å². The van der Waals surface area contributed by atoms with Crippen LogP contribution in [0.1, 0.15) is 21.6 Å². The van der Waals surface area contributed by atoms with Crippen LogP contribution in [0.25, 0.3) is 0 Å². The molecule has 0 aliphatic carbocycles. The molecule has 3 nitrogen and oxygen atoms in total. The van der Waals surface area contributed by atoms with Crippen LogP contribution in [0.3, 0.4) is 0 Å². The number of hydrogen-bond acceptors (Lipinski definition) is 2. The Labute approximate surface area is 125 Å². The third-order valence-corrected chi connectivity index (χ3v) is 3.85. The highest BCUT2D eigenvalue weighted by Crippen LogP contribution is 2.22. The van der Waals surface area contributed by atoms with Gasteiger partial charge < -0.3 is 5.32 Å². The molecule has 2 rings (SSSR count). The highest BCUT2D eigenvalue weighted by molar-refractivity contribution is 9.10. The summed E-state index contributed by atoms with van der Waals surface area (Å²) in [6.07, 6.45) is 1.48. The van der Waals surface area contributed by atoms with E-state index in [1.165, 1.54) is 6.20 Å². The van der Waals surface area contributed by atoms with Crippen LogP contribution in [0.2, 0.25) is 5.02 Å². The first kappa shape index (κ1) is 14.0. The Morgan fingerprint density at radius 2 is 2.05 bits per heavy atom. The van der Waals surface area contributed by atoms with Gasteiger partial charge in [0, 0.05) is 22.1 Å². The molecule has 0 unspecified atom stereocenters. The smallest absolute Gasteiger partial charge is 0.258 e. The summed E-state index contributed by atoms with van der Waals surface area (Å²) >= 11 is 9.46. The van der Waals surface area contributed by atoms with E-state index < -0.39 is 0 Å². The second-order valence-electron chi connectivity index (χ2n) is 4.22. The number of anilines is 1. The molecule has 2 aromatic rings. The zero-order chi connectivity index (χ0) is 14.0. The van der Waals surface area contributed by atoms with Gasteiger partial charge in [0.2, 0.25) is 0 Å². The highest BCUT2D eigenvalue weighted by Gasteiger charge is 2.11. The number of hydrogen-bond donors (Lipinski definition) is 1. The van der Waals surface area contributed by atoms with Gasteiger partial charge in [0.15, 0.2) is 0 Å². The van der Waals surface area contributed by atoms with E-state index in [1.54, 1.807) is 6.07 Å². The molecule has 1 N–H and O–H groups in total. The topological polar surface area (TPSA) is 42.0 Å². The van der Waals surface area contributed by atoms with Gasteiger partial charge >= 0.3 is 0 Å². The normalized spacial score (nSPS) is 10.3. The maximum absolute atomic E-state index is 12.1. The molecule has 19 heavy (non-hydrogen) atoms. The molecule has 1 heterocycles. The summed E-state index contributed by atoms with van der Waals surface area (Å²) in [5.41, 5.74) is 2.92. The number of aryl methyl sites for hydroxylation is 2. The minimum absolute atomic E-state index is 0.265. The summed E-state index contributed by atoms with van der Waals surface area (Å²) in [5, 5.41) is 3.20. The number of carbonyl (C=O) groups excluding carboxylic acids is 1. The number of halogens is 2. The molecule has 0 aliphatic rings. The number of nitrogens with zero attached hydrogens (tertiary/aromatic N) is 1. The Morgan fingerprint density at radius 1 is 1.32 bits per heavy atom. The predicted octanol–water partition coefficient (Wildman–Crippen LogP) is 4.37. The SMILES string of the molecule is Cc1cc(Cl)c(C(=O)Nc2ccc(Br)c(C)c2)cn1. The average Bonchev–Trinajstić information content (AvgIpc) is 2.33. The van der Waals surface area contributed by atoms with Gasteiger partial charge in [0.1, 0.15) is 0 Å². The lowest BCUT2D eigenvalue weighted by atomic mass is 10.2. The van der Waals surface area contributed by atoms with E-state index in [0.29, 0.717) is 10.6 Å². The van der Waals surface area contributed by atoms with Crippen LogP contribution in [-0.4, -0.2) is 10.9 Å². The van der Waals surface area contributed by atoms with Crippen molar-refractivity contribution in [1.29, 1.82) is 0 Å². The largest absolute Gasteiger partial charge is 0.322 e. The summed E-state index contributed by atoms with van der Waals surface area (Å²) in [7, 11) is 0. The van der Waals surface area contributed by atoms with Gasteiger partial charge in [-0.1, -0.05) is 27.5 Å². The standard InChI is InChI=1S/C14H12BrClN2O/c1-8-5-10(3-4-12(8)15)18-14(19)11-7-17-9(2)6-13(11)16/h3-7H,1-2H3,(H,18,19). The number of amides is 1. The monoisotopic (exact) mass is 338 g/mol. The fraction of sp³-hybridized carbons (Fsp3) is 0.143. The van der Waals surface area contributed by atoms with Gasteiger partial charge in [0.05, 0.1) is 10.6 Å². The zero-order valence-electron chi connectivity index (χ0n) is 10.5. The molecule has 1 aromatic carbocycles. The first-order valence-electron chi connectivity index (χ1n) is 5.67. The summed E-state index contributed by atoms with van der Waals surface area (Å²) in [5.74, 6) is -0.265. The van der Waals surface area contributed by atoms with Gasteiger partial charge in [0.25, 0.3) is 5.91 Å². The van der Waals surface area contributed by atoms with E-state index in [-0.39, 0.29) is 5.91 Å². The van der Waals surface area contributed by atoms with Crippen molar-refractivity contribution < 1.29 is 4.79 Å². The number of aromatic nitrogens is 1. The van der Waals surface area contributed by atoms with Crippen molar-refractivity contribution in [2.45, 2.75) is 13.8 Å². The Balaban J connectivity index is 2.23. The van der Waals surface area contributed by atoms with Crippen LogP contribution in [0.4, 0.5) is 5.69 Å². The van der Waals surface area contributed by atoms with Crippen molar-refractivity contribution in [3.05, 3.63) is 56.8 Å². The lowest BCUT2D eigenvalue weighted by Crippen LogP contribution is -2.13. The lowest BCUT2D eigenvalue weighted by Gasteiger charge is -2.08. The quantitative estimate of drug-likeness (QED) is 0.883. The van der Waals surface area contributed by atoms with Crippen molar-refractivity contribution in [1.82, 2.24) is 4.98 Å². The van der Waals surface area contributed by atoms with Gasteiger partial charge in [-0.3, -0.25) is 9.78 Å². The molecular weight excluding hydrogens is 328 g/mol. The van der Waals surface area contributed by atoms with Crippen LogP contribution in [0.15, 0.2) is 34.9 Å². The van der Waals surface area contributed by atoms with Gasteiger partial charge in [-0.2, -0.15) is 0 Å². The summed E-state index contributed by atoms with van der Waals surface area (Å²) in [4.78, 5) is 16.2. The van der Waals surface area contributed by atoms with Gasteiger partial charge in [-0.25, -0.2) is 0 Å². The maximum Gasteiger partial charge on any atom is 0.258 e. The van der Waals surface area contributed by atoms with Crippen LogP contribution < -0.4 is 5.32 Å². The molecule has 1 aromatic heterocycles. The van der Waals surface area contributed by atoms with Crippen molar-refractivity contribution in [2.24, 2.45) is 0 Å². The summed E-state index contributed by atoms with van der Waals surface area (Å²) in [6.45, 7) is 3.78. The van der Waals surface area contributed by atoms with Crippen LogP contribution in [0, 0.1) is 13.8 Å². The lowest BCUT2D eigenvalue weighted by molar-refractivity contribution is 0.102. The number of nitrogens with one attached hydrogen (secondary N) is 1. The van der Waals surface area contributed by atoms with Gasteiger partial charge in [-0.05, 0) is 43.7 Å². The molecule has 0 saturated carbocycles. The fourth-order valence-electron chi connectivity index (χ4n) is 1.61. The van der Waals surface area contributed by atoms with E-state index >= 15 is 0 Å². The van der Waals surface area contributed by atoms with E-state index in [4.69, 9.17) is 11.6 Å². The molecule has 5 heteroatoms. The van der Waals surface area contributed by atoms with E-state index in [0.717, 1.165) is 21.4 Å². The maximum atomic E-state index is 12.1. The number of pyridine rings is 1. The second-order valence-corrected chi connectivity index (χ2v) is 5.49. The van der Waals surface area contributed by atoms with Crippen LogP contribution >= 0.6 is 27.5 Å². The molecule has 1 amide bonds. The third kappa shape index (κ3) is 3.33. The highest BCUT2D eigenvalue weighted by atomic mass is 79.9. The Bertz CT molecular complexity index is 643. The average molecular weight is 340 g/mol. The molecular formula is C14H12BrClN2O. The molecule has 0 spiro atoms. The molecule has 0 atom stereocenters. The van der Waals surface area contributed by atoms with Crippen LogP contribution in [0.5, 0.6) is 0 Å². The molecule has 98 valence electrons. The summed E-state index contributed by atoms with van der Waals surface area (Å²) in [6, 6.07) is 7.27. The molecule has 0 radical (unpaired) electrons. The Morgan fingerprint density at radius 3 is 2.68 bits per heavy atom. The first-order valence-corrected chi connectivity index (χ1v) is 6.84. The van der Waals surface area contributed by atoms with Crippen molar-refractivity contribution in [3.8, 4) is 0 Å². The van der Waals surface area contributed by atoms with Crippen molar-refractivity contribution in [2.75, 3.05) is 5.32 Å². The van der Waals surface area contributed by atoms with E-state index in [9.17, 15) is 4.79 Å². The van der Waals surface area contributed by atoms with Crippen LogP contribution in [-0.2, 0) is 0 Å². The molecule has 0 bridgehead atoms. The molecule has 0 fully saturated rings. The van der Waals surface area contributed by atoms with E-state index in [2.05, 4.69) is 26.2 Å². The molecule has 0 aliphatic heterocycles. The van der Waals surface area contributed by atoms with Gasteiger partial charge in [-0.15, -0.1) is 0 Å². The third-order valence-electron chi connectivity index (χ3n) is 2.65. The first-order chi connectivity index (χ1) is 8.97. The van der Waals surface area contributed by atoms with Crippen molar-refractivity contribution in [3.63, 3.8) is 0 Å². The second kappa shape index (κ2) is 5.72. The predicted molar refractivity (Wildman–Crippen MR) is 80.8 cm³/mol. The zero-order valence-corrected chi connectivity index (χ0v) is 12.8. The summed E-state index contributed by atoms with van der Waals surface area (Å²) < 4.78 is 1.00. The Kier molecular flexibility index (Phi) is 4.22. The Hall–Kier alpha value is -1.39. The number of benzene rings is 1. The molecule has 0 saturated heterocycles. The van der Waals surface area contributed by atoms with Crippen molar-refractivity contribution >= 4 is 39.1 Å². The fourth-order valence-corrected chi connectivity index (χ4v) is 2.15. The minimum Gasteiger partial charge on any atom is -0.322 e.